The van der Waals surface area contributed by atoms with E-state index in [9.17, 15) is 0 Å². The predicted molar refractivity (Wildman–Crippen MR) is 75.9 cm³/mol. The zero-order chi connectivity index (χ0) is 13.6. The monoisotopic (exact) mass is 263 g/mol. The fraction of sp³-hybridized carbons (Fsp3) is 0.733. The van der Waals surface area contributed by atoms with E-state index in [0.29, 0.717) is 0 Å². The van der Waals surface area contributed by atoms with E-state index in [1.165, 1.54) is 25.7 Å². The van der Waals surface area contributed by atoms with E-state index in [1.54, 1.807) is 6.33 Å². The molecule has 4 nitrogen and oxygen atoms in total. The summed E-state index contributed by atoms with van der Waals surface area (Å²) in [6.45, 7) is 3.06. The van der Waals surface area contributed by atoms with Crippen LogP contribution in [0.2, 0.25) is 0 Å². The summed E-state index contributed by atoms with van der Waals surface area (Å²) in [6.07, 6.45) is 12.7. The summed E-state index contributed by atoms with van der Waals surface area (Å²) in [5.74, 6) is 0. The summed E-state index contributed by atoms with van der Waals surface area (Å²) in [7, 11) is 1.85. The number of methoxy groups -OCH3 is 1. The molecule has 1 saturated carbocycles. The zero-order valence-corrected chi connectivity index (χ0v) is 12.1. The number of likely N-dealkylation sites (N-methyl/N-ethyl adjacent to an activating group) is 1. The second-order valence-electron chi connectivity index (χ2n) is 5.35. The molecule has 1 aliphatic carbocycles. The molecule has 1 aliphatic rings. The number of aromatic nitrogens is 2. The van der Waals surface area contributed by atoms with E-state index < -0.39 is 0 Å². The van der Waals surface area contributed by atoms with Gasteiger partial charge in [-0.05, 0) is 19.4 Å². The average Bonchev–Trinajstić information content (AvgIpc) is 2.72. The summed E-state index contributed by atoms with van der Waals surface area (Å²) in [5.41, 5.74) is 1.02. The molecule has 19 heavy (non-hydrogen) atoms. The maximum absolute atomic E-state index is 6.01. The highest BCUT2D eigenvalue weighted by Gasteiger charge is 2.39. The molecule has 0 amide bonds. The van der Waals surface area contributed by atoms with E-state index in [2.05, 4.69) is 22.2 Å². The molecule has 0 bridgehead atoms. The zero-order valence-electron chi connectivity index (χ0n) is 12.1. The summed E-state index contributed by atoms with van der Waals surface area (Å²) < 4.78 is 6.01. The topological polar surface area (TPSA) is 47.0 Å². The van der Waals surface area contributed by atoms with E-state index in [4.69, 9.17) is 4.74 Å². The Morgan fingerprint density at radius 2 is 1.84 bits per heavy atom. The fourth-order valence-corrected chi connectivity index (χ4v) is 3.21. The minimum Gasteiger partial charge on any atom is -0.376 e. The van der Waals surface area contributed by atoms with Crippen LogP contribution in [0.25, 0.3) is 0 Å². The Morgan fingerprint density at radius 3 is 2.37 bits per heavy atom. The van der Waals surface area contributed by atoms with Crippen LogP contribution >= 0.6 is 0 Å². The summed E-state index contributed by atoms with van der Waals surface area (Å²) in [5, 5.41) is 3.58. The van der Waals surface area contributed by atoms with Crippen molar-refractivity contribution in [3.63, 3.8) is 0 Å². The van der Waals surface area contributed by atoms with Crippen LogP contribution in [0.3, 0.4) is 0 Å². The van der Waals surface area contributed by atoms with Gasteiger partial charge in [-0.25, -0.2) is 9.97 Å². The van der Waals surface area contributed by atoms with E-state index in [1.807, 2.05) is 19.5 Å². The summed E-state index contributed by atoms with van der Waals surface area (Å²) >= 11 is 0. The molecule has 0 aliphatic heterocycles. The van der Waals surface area contributed by atoms with Crippen molar-refractivity contribution < 1.29 is 4.74 Å². The largest absolute Gasteiger partial charge is 0.376 e. The van der Waals surface area contributed by atoms with E-state index in [-0.39, 0.29) is 11.6 Å². The number of nitrogens with zero attached hydrogens (tertiary/aromatic N) is 2. The Labute approximate surface area is 116 Å². The van der Waals surface area contributed by atoms with Crippen LogP contribution in [0.4, 0.5) is 0 Å². The van der Waals surface area contributed by atoms with Crippen molar-refractivity contribution in [2.45, 2.75) is 57.1 Å². The Bertz CT molecular complexity index is 361. The van der Waals surface area contributed by atoms with Gasteiger partial charge < -0.3 is 10.1 Å². The molecule has 1 atom stereocenters. The molecule has 1 aromatic heterocycles. The molecule has 1 N–H and O–H groups in total. The van der Waals surface area contributed by atoms with Gasteiger partial charge in [0.15, 0.2) is 0 Å². The predicted octanol–water partition coefficient (Wildman–Crippen LogP) is 2.87. The third-order valence-corrected chi connectivity index (χ3v) is 4.20. The maximum atomic E-state index is 6.01. The standard InChI is InChI=1S/C15H25N3O/c1-3-18-14(13-10-16-12-17-11-13)15(19-2)8-6-4-5-7-9-15/h10-12,14,18H,3-9H2,1-2H3. The van der Waals surface area contributed by atoms with Crippen molar-refractivity contribution in [2.75, 3.05) is 13.7 Å². The molecule has 1 fully saturated rings. The lowest BCUT2D eigenvalue weighted by atomic mass is 9.83. The van der Waals surface area contributed by atoms with Crippen molar-refractivity contribution in [2.24, 2.45) is 0 Å². The maximum Gasteiger partial charge on any atom is 0.115 e. The van der Waals surface area contributed by atoms with Crippen molar-refractivity contribution in [3.8, 4) is 0 Å². The van der Waals surface area contributed by atoms with Gasteiger partial charge in [0.25, 0.3) is 0 Å². The van der Waals surface area contributed by atoms with Gasteiger partial charge in [-0.1, -0.05) is 32.6 Å². The third kappa shape index (κ3) is 3.31. The van der Waals surface area contributed by atoms with Crippen molar-refractivity contribution in [1.82, 2.24) is 15.3 Å². The SMILES string of the molecule is CCNC(c1cncnc1)C1(OC)CCCCCC1. The van der Waals surface area contributed by atoms with Gasteiger partial charge in [-0.15, -0.1) is 0 Å². The lowest BCUT2D eigenvalue weighted by Gasteiger charge is -2.39. The van der Waals surface area contributed by atoms with Crippen LogP contribution in [0, 0.1) is 0 Å². The van der Waals surface area contributed by atoms with Gasteiger partial charge in [0, 0.05) is 25.1 Å². The fourth-order valence-electron chi connectivity index (χ4n) is 3.21. The van der Waals surface area contributed by atoms with Gasteiger partial charge in [0.1, 0.15) is 6.33 Å². The third-order valence-electron chi connectivity index (χ3n) is 4.20. The van der Waals surface area contributed by atoms with Gasteiger partial charge in [0.05, 0.1) is 11.6 Å². The van der Waals surface area contributed by atoms with Crippen LogP contribution in [0.1, 0.15) is 57.1 Å². The first-order valence-corrected chi connectivity index (χ1v) is 7.36. The molecule has 0 spiro atoms. The lowest BCUT2D eigenvalue weighted by Crippen LogP contribution is -2.45. The number of hydrogen-bond acceptors (Lipinski definition) is 4. The van der Waals surface area contributed by atoms with Crippen molar-refractivity contribution >= 4 is 0 Å². The first-order chi connectivity index (χ1) is 9.32. The molecule has 4 heteroatoms. The summed E-state index contributed by atoms with van der Waals surface area (Å²) in [4.78, 5) is 8.33. The van der Waals surface area contributed by atoms with Crippen LogP contribution in [-0.2, 0) is 4.74 Å². The first kappa shape index (κ1) is 14.4. The molecule has 0 saturated heterocycles. The molecule has 0 aromatic carbocycles. The Morgan fingerprint density at radius 1 is 1.21 bits per heavy atom. The van der Waals surface area contributed by atoms with E-state index >= 15 is 0 Å². The number of rotatable bonds is 5. The Balaban J connectivity index is 2.29. The minimum absolute atomic E-state index is 0.114. The quantitative estimate of drug-likeness (QED) is 0.830. The number of hydrogen-bond donors (Lipinski definition) is 1. The molecule has 0 radical (unpaired) electrons. The lowest BCUT2D eigenvalue weighted by molar-refractivity contribution is -0.0538. The van der Waals surface area contributed by atoms with Crippen LogP contribution in [0.15, 0.2) is 18.7 Å². The highest BCUT2D eigenvalue weighted by molar-refractivity contribution is 5.16. The van der Waals surface area contributed by atoms with Gasteiger partial charge in [-0.2, -0.15) is 0 Å². The molecule has 2 rings (SSSR count). The van der Waals surface area contributed by atoms with Crippen molar-refractivity contribution in [1.29, 1.82) is 0 Å². The van der Waals surface area contributed by atoms with Gasteiger partial charge >= 0.3 is 0 Å². The Hall–Kier alpha value is -1.00. The second-order valence-corrected chi connectivity index (χ2v) is 5.35. The van der Waals surface area contributed by atoms with Crippen molar-refractivity contribution in [3.05, 3.63) is 24.3 Å². The van der Waals surface area contributed by atoms with Crippen LogP contribution in [-0.4, -0.2) is 29.2 Å². The molecule has 1 unspecified atom stereocenters. The number of ether oxygens (including phenoxy) is 1. The van der Waals surface area contributed by atoms with Crippen LogP contribution in [0.5, 0.6) is 0 Å². The second kappa shape index (κ2) is 6.96. The van der Waals surface area contributed by atoms with E-state index in [0.717, 1.165) is 24.9 Å². The Kier molecular flexibility index (Phi) is 5.28. The molecular weight excluding hydrogens is 238 g/mol. The first-order valence-electron chi connectivity index (χ1n) is 7.36. The highest BCUT2D eigenvalue weighted by atomic mass is 16.5. The molecule has 1 aromatic rings. The van der Waals surface area contributed by atoms with Gasteiger partial charge in [0.2, 0.25) is 0 Å². The summed E-state index contributed by atoms with van der Waals surface area (Å²) in [6, 6.07) is 0.182. The minimum atomic E-state index is -0.114. The highest BCUT2D eigenvalue weighted by Crippen LogP contribution is 2.39. The van der Waals surface area contributed by atoms with Gasteiger partial charge in [-0.3, -0.25) is 0 Å². The molecule has 106 valence electrons. The van der Waals surface area contributed by atoms with Crippen LogP contribution < -0.4 is 5.32 Å². The smallest absolute Gasteiger partial charge is 0.115 e. The average molecular weight is 263 g/mol. The normalized spacial score (nSPS) is 20.7. The molecule has 1 heterocycles. The molecular formula is C15H25N3O. The number of nitrogens with one attached hydrogen (secondary N) is 1.